The molecule has 2 N–H and O–H groups in total. The highest BCUT2D eigenvalue weighted by Crippen LogP contribution is 2.20. The summed E-state index contributed by atoms with van der Waals surface area (Å²) in [7, 11) is 3.71. The number of aliphatic hydroxyl groups excluding tert-OH is 1. The number of aromatic nitrogens is 4. The molecule has 2 aromatic heterocycles. The zero-order valence-electron chi connectivity index (χ0n) is 12.3. The van der Waals surface area contributed by atoms with Crippen molar-refractivity contribution < 1.29 is 9.84 Å². The molecule has 8 nitrogen and oxygen atoms in total. The Labute approximate surface area is 122 Å². The maximum absolute atomic E-state index is 9.20. The maximum atomic E-state index is 9.20. The molecule has 0 amide bonds. The third kappa shape index (κ3) is 2.82. The number of rotatable bonds is 4. The minimum Gasteiger partial charge on any atom is -0.394 e. The average molecular weight is 292 g/mol. The molecule has 0 spiro atoms. The molecule has 1 aliphatic heterocycles. The molecular weight excluding hydrogens is 272 g/mol. The van der Waals surface area contributed by atoms with Crippen molar-refractivity contribution >= 4 is 16.9 Å². The number of hydrogen-bond donors (Lipinski definition) is 2. The van der Waals surface area contributed by atoms with Gasteiger partial charge in [0.15, 0.2) is 5.65 Å². The molecule has 1 unspecified atom stereocenters. The smallest absolute Gasteiger partial charge is 0.163 e. The highest BCUT2D eigenvalue weighted by Gasteiger charge is 2.21. The molecule has 0 saturated carbocycles. The Morgan fingerprint density at radius 1 is 1.48 bits per heavy atom. The number of nitrogens with one attached hydrogen (secondary N) is 1. The highest BCUT2D eigenvalue weighted by molar-refractivity contribution is 5.86. The zero-order valence-corrected chi connectivity index (χ0v) is 12.3. The molecule has 2 aromatic rings. The van der Waals surface area contributed by atoms with Crippen LogP contribution in [0, 0.1) is 0 Å². The Kier molecular flexibility index (Phi) is 4.00. The van der Waals surface area contributed by atoms with Gasteiger partial charge in [-0.15, -0.1) is 0 Å². The zero-order chi connectivity index (χ0) is 14.8. The Morgan fingerprint density at radius 3 is 3.10 bits per heavy atom. The summed E-state index contributed by atoms with van der Waals surface area (Å²) in [4.78, 5) is 11.3. The van der Waals surface area contributed by atoms with E-state index in [1.165, 1.54) is 0 Å². The van der Waals surface area contributed by atoms with Gasteiger partial charge in [0.05, 0.1) is 37.4 Å². The molecule has 1 aliphatic rings. The molecule has 0 aliphatic carbocycles. The third-order valence-corrected chi connectivity index (χ3v) is 3.67. The van der Waals surface area contributed by atoms with Gasteiger partial charge in [-0.05, 0) is 0 Å². The van der Waals surface area contributed by atoms with Crippen LogP contribution in [0.3, 0.4) is 0 Å². The summed E-state index contributed by atoms with van der Waals surface area (Å²) in [5, 5.41) is 17.4. The van der Waals surface area contributed by atoms with Gasteiger partial charge in [0, 0.05) is 27.2 Å². The van der Waals surface area contributed by atoms with Gasteiger partial charge in [0.1, 0.15) is 11.6 Å². The van der Waals surface area contributed by atoms with E-state index in [2.05, 4.69) is 25.3 Å². The summed E-state index contributed by atoms with van der Waals surface area (Å²) >= 11 is 0. The van der Waals surface area contributed by atoms with Crippen LogP contribution in [-0.4, -0.2) is 69.2 Å². The van der Waals surface area contributed by atoms with E-state index in [9.17, 15) is 5.11 Å². The minimum absolute atomic E-state index is 0.0416. The lowest BCUT2D eigenvalue weighted by Crippen LogP contribution is -2.43. The van der Waals surface area contributed by atoms with Crippen LogP contribution in [0.1, 0.15) is 5.82 Å². The molecule has 8 heteroatoms. The molecule has 3 heterocycles. The highest BCUT2D eigenvalue weighted by atomic mass is 16.5. The summed E-state index contributed by atoms with van der Waals surface area (Å²) in [6, 6.07) is 0. The fourth-order valence-electron chi connectivity index (χ4n) is 2.56. The Bertz CT molecular complexity index is 628. The number of aryl methyl sites for hydroxylation is 1. The number of nitrogens with zero attached hydrogens (tertiary/aromatic N) is 5. The number of fused-ring (bicyclic) bond motifs is 1. The Hall–Kier alpha value is -1.77. The van der Waals surface area contributed by atoms with Crippen LogP contribution in [-0.2, 0) is 18.3 Å². The average Bonchev–Trinajstić information content (AvgIpc) is 2.88. The van der Waals surface area contributed by atoms with E-state index >= 15 is 0 Å². The van der Waals surface area contributed by atoms with E-state index in [1.807, 2.05) is 14.1 Å². The largest absolute Gasteiger partial charge is 0.394 e. The summed E-state index contributed by atoms with van der Waals surface area (Å²) in [6.07, 6.45) is 1.64. The van der Waals surface area contributed by atoms with Crippen LogP contribution in [0.2, 0.25) is 0 Å². The quantitative estimate of drug-likeness (QED) is 0.792. The molecule has 1 fully saturated rings. The first kappa shape index (κ1) is 14.2. The lowest BCUT2D eigenvalue weighted by molar-refractivity contribution is -0.0556. The van der Waals surface area contributed by atoms with E-state index in [1.54, 1.807) is 10.9 Å². The summed E-state index contributed by atoms with van der Waals surface area (Å²) < 4.78 is 7.21. The van der Waals surface area contributed by atoms with E-state index in [0.29, 0.717) is 19.7 Å². The van der Waals surface area contributed by atoms with E-state index in [-0.39, 0.29) is 12.7 Å². The van der Waals surface area contributed by atoms with Crippen molar-refractivity contribution in [3.63, 3.8) is 0 Å². The van der Waals surface area contributed by atoms with Gasteiger partial charge in [0.25, 0.3) is 0 Å². The van der Waals surface area contributed by atoms with Crippen LogP contribution in [0.15, 0.2) is 6.20 Å². The van der Waals surface area contributed by atoms with Crippen LogP contribution < -0.4 is 5.32 Å². The molecule has 0 radical (unpaired) electrons. The van der Waals surface area contributed by atoms with Gasteiger partial charge in [-0.1, -0.05) is 0 Å². The van der Waals surface area contributed by atoms with Crippen molar-refractivity contribution in [2.24, 2.45) is 7.05 Å². The van der Waals surface area contributed by atoms with Crippen LogP contribution in [0.4, 0.5) is 5.82 Å². The number of morpholine rings is 1. The Balaban J connectivity index is 1.84. The van der Waals surface area contributed by atoms with Crippen LogP contribution in [0.5, 0.6) is 0 Å². The van der Waals surface area contributed by atoms with Crippen molar-refractivity contribution in [2.75, 3.05) is 38.7 Å². The van der Waals surface area contributed by atoms with Crippen LogP contribution >= 0.6 is 0 Å². The lowest BCUT2D eigenvalue weighted by atomic mass is 10.3. The molecule has 0 aromatic carbocycles. The monoisotopic (exact) mass is 292 g/mol. The first-order valence-electron chi connectivity index (χ1n) is 7.02. The Morgan fingerprint density at radius 2 is 2.33 bits per heavy atom. The SMILES string of the molecule is CNc1nc(CN2CCOC(CO)C2)nc2c1cnn2C. The van der Waals surface area contributed by atoms with Gasteiger partial charge in [-0.25, -0.2) is 9.97 Å². The van der Waals surface area contributed by atoms with Gasteiger partial charge in [0.2, 0.25) is 0 Å². The van der Waals surface area contributed by atoms with Crippen molar-refractivity contribution in [1.29, 1.82) is 0 Å². The molecule has 1 atom stereocenters. The molecule has 114 valence electrons. The van der Waals surface area contributed by atoms with Gasteiger partial charge >= 0.3 is 0 Å². The fourth-order valence-corrected chi connectivity index (χ4v) is 2.56. The van der Waals surface area contributed by atoms with Crippen LogP contribution in [0.25, 0.3) is 11.0 Å². The molecule has 21 heavy (non-hydrogen) atoms. The van der Waals surface area contributed by atoms with Gasteiger partial charge < -0.3 is 15.2 Å². The topological polar surface area (TPSA) is 88.3 Å². The second-order valence-electron chi connectivity index (χ2n) is 5.15. The second-order valence-corrected chi connectivity index (χ2v) is 5.15. The molecule has 0 bridgehead atoms. The lowest BCUT2D eigenvalue weighted by Gasteiger charge is -2.31. The summed E-state index contributed by atoms with van der Waals surface area (Å²) in [5.41, 5.74) is 0.816. The number of ether oxygens (including phenoxy) is 1. The predicted molar refractivity (Wildman–Crippen MR) is 78.0 cm³/mol. The first-order valence-corrected chi connectivity index (χ1v) is 7.02. The maximum Gasteiger partial charge on any atom is 0.163 e. The van der Waals surface area contributed by atoms with Gasteiger partial charge in [-0.2, -0.15) is 5.10 Å². The van der Waals surface area contributed by atoms with Crippen molar-refractivity contribution in [2.45, 2.75) is 12.6 Å². The fraction of sp³-hybridized carbons (Fsp3) is 0.615. The molecule has 3 rings (SSSR count). The summed E-state index contributed by atoms with van der Waals surface area (Å²) in [6.45, 7) is 2.81. The van der Waals surface area contributed by atoms with E-state index in [0.717, 1.165) is 29.2 Å². The molecular formula is C13H20N6O2. The van der Waals surface area contributed by atoms with E-state index in [4.69, 9.17) is 4.74 Å². The predicted octanol–water partition coefficient (Wildman–Crippen LogP) is -0.402. The van der Waals surface area contributed by atoms with Crippen molar-refractivity contribution in [3.05, 3.63) is 12.0 Å². The number of hydrogen-bond acceptors (Lipinski definition) is 7. The van der Waals surface area contributed by atoms with Crippen molar-refractivity contribution in [3.8, 4) is 0 Å². The number of anilines is 1. The normalized spacial score (nSPS) is 20.0. The van der Waals surface area contributed by atoms with Gasteiger partial charge in [-0.3, -0.25) is 9.58 Å². The summed E-state index contributed by atoms with van der Waals surface area (Å²) in [5.74, 6) is 1.53. The minimum atomic E-state index is -0.122. The second kappa shape index (κ2) is 5.92. The standard InChI is InChI=1S/C13H20N6O2/c1-14-12-10-5-15-18(2)13(10)17-11(16-12)7-19-3-4-21-9(6-19)8-20/h5,9,20H,3-4,6-8H2,1-2H3,(H,14,16,17). The third-order valence-electron chi connectivity index (χ3n) is 3.67. The molecule has 1 saturated heterocycles. The van der Waals surface area contributed by atoms with Crippen molar-refractivity contribution in [1.82, 2.24) is 24.6 Å². The number of aliphatic hydroxyl groups is 1. The first-order chi connectivity index (χ1) is 10.2. The van der Waals surface area contributed by atoms with E-state index < -0.39 is 0 Å².